The van der Waals surface area contributed by atoms with Crippen LogP contribution in [-0.4, -0.2) is 59.4 Å². The number of benzene rings is 2. The van der Waals surface area contributed by atoms with Crippen molar-refractivity contribution in [1.29, 1.82) is 0 Å². The highest BCUT2D eigenvalue weighted by Crippen LogP contribution is 2.35. The van der Waals surface area contributed by atoms with Gasteiger partial charge >= 0.3 is 0 Å². The van der Waals surface area contributed by atoms with Crippen LogP contribution in [0.1, 0.15) is 6.42 Å². The molecule has 0 bridgehead atoms. The van der Waals surface area contributed by atoms with Crippen LogP contribution in [0.3, 0.4) is 0 Å². The molecule has 10 heteroatoms. The Morgan fingerprint density at radius 1 is 1.23 bits per heavy atom. The zero-order valence-electron chi connectivity index (χ0n) is 16.8. The number of rotatable bonds is 8. The number of anilines is 2. The number of hydrogen-bond donors (Lipinski definition) is 2. The van der Waals surface area contributed by atoms with Gasteiger partial charge in [-0.2, -0.15) is 0 Å². The molecule has 1 fully saturated rings. The number of hydrogen-bond acceptors (Lipinski definition) is 7. The second kappa shape index (κ2) is 10.3. The van der Waals surface area contributed by atoms with Gasteiger partial charge in [-0.1, -0.05) is 11.6 Å². The number of β-amino-alcohol motifs (C(OH)–C–C–N with tert-alkyl or cyclic N) is 1. The molecule has 7 nitrogen and oxygen atoms in total. The number of ether oxygens (including phenoxy) is 2. The highest BCUT2D eigenvalue weighted by molar-refractivity contribution is 6.30. The number of halogens is 3. The van der Waals surface area contributed by atoms with Crippen LogP contribution in [0.25, 0.3) is 10.9 Å². The molecule has 0 saturated carbocycles. The number of fused-ring (bicyclic) bond motifs is 1. The summed E-state index contributed by atoms with van der Waals surface area (Å²) in [6, 6.07) is 7.80. The molecule has 1 aromatic heterocycles. The van der Waals surface area contributed by atoms with Crippen LogP contribution in [-0.2, 0) is 0 Å². The van der Waals surface area contributed by atoms with E-state index in [0.717, 1.165) is 13.1 Å². The van der Waals surface area contributed by atoms with Gasteiger partial charge in [-0.25, -0.2) is 14.4 Å². The molecule has 0 amide bonds. The Morgan fingerprint density at radius 3 is 2.71 bits per heavy atom. The predicted molar refractivity (Wildman–Crippen MR) is 121 cm³/mol. The van der Waals surface area contributed by atoms with E-state index in [1.54, 1.807) is 24.3 Å². The molecule has 31 heavy (non-hydrogen) atoms. The maximum Gasteiger partial charge on any atom is 0.163 e. The van der Waals surface area contributed by atoms with Gasteiger partial charge < -0.3 is 24.8 Å². The van der Waals surface area contributed by atoms with Gasteiger partial charge in [0.2, 0.25) is 0 Å². The van der Waals surface area contributed by atoms with Crippen LogP contribution in [0, 0.1) is 5.82 Å². The second-order valence-electron chi connectivity index (χ2n) is 7.11. The van der Waals surface area contributed by atoms with Crippen molar-refractivity contribution in [3.63, 3.8) is 0 Å². The van der Waals surface area contributed by atoms with Gasteiger partial charge in [-0.15, -0.1) is 12.4 Å². The minimum atomic E-state index is -0.596. The standard InChI is InChI=1S/C21H22ClFN4O3.ClH/c1-29-19-8-15-18(9-20(19)30-11-14(28)10-27-5-2-6-27)24-12-25-21(15)26-17-4-3-13(22)7-16(17)23;/h3-4,7-9,12,14,28H,2,5-6,10-11H2,1H3,(H,24,25,26);1H. The van der Waals surface area contributed by atoms with E-state index in [2.05, 4.69) is 20.2 Å². The van der Waals surface area contributed by atoms with Crippen molar-refractivity contribution in [3.8, 4) is 11.5 Å². The summed E-state index contributed by atoms with van der Waals surface area (Å²) >= 11 is 5.82. The molecule has 1 unspecified atom stereocenters. The predicted octanol–water partition coefficient (Wildman–Crippen LogP) is 4.04. The molecule has 4 rings (SSSR count). The number of aromatic nitrogens is 2. The Balaban J connectivity index is 0.00000272. The number of methoxy groups -OCH3 is 1. The average molecular weight is 469 g/mol. The first kappa shape index (κ1) is 23.3. The summed E-state index contributed by atoms with van der Waals surface area (Å²) in [5.74, 6) is 0.865. The van der Waals surface area contributed by atoms with Crippen LogP contribution >= 0.6 is 24.0 Å². The van der Waals surface area contributed by atoms with Crippen LogP contribution in [0.5, 0.6) is 11.5 Å². The van der Waals surface area contributed by atoms with Crippen molar-refractivity contribution >= 4 is 46.4 Å². The molecule has 166 valence electrons. The molecule has 2 heterocycles. The zero-order valence-corrected chi connectivity index (χ0v) is 18.4. The fourth-order valence-electron chi connectivity index (χ4n) is 3.26. The molecular formula is C21H23Cl2FN4O3. The van der Waals surface area contributed by atoms with E-state index in [1.165, 1.54) is 25.9 Å². The molecule has 1 aliphatic rings. The second-order valence-corrected chi connectivity index (χ2v) is 7.55. The summed E-state index contributed by atoms with van der Waals surface area (Å²) < 4.78 is 25.4. The van der Waals surface area contributed by atoms with Gasteiger partial charge in [-0.05, 0) is 43.8 Å². The van der Waals surface area contributed by atoms with Crippen molar-refractivity contribution in [2.45, 2.75) is 12.5 Å². The summed E-state index contributed by atoms with van der Waals surface area (Å²) in [6.45, 7) is 2.75. The molecule has 1 aliphatic heterocycles. The average Bonchev–Trinajstić information content (AvgIpc) is 2.70. The first-order chi connectivity index (χ1) is 14.5. The minimum Gasteiger partial charge on any atom is -0.493 e. The SMILES string of the molecule is COc1cc2c(Nc3ccc(Cl)cc3F)ncnc2cc1OCC(O)CN1CCC1.Cl. The van der Waals surface area contributed by atoms with Gasteiger partial charge in [0.15, 0.2) is 11.5 Å². The maximum absolute atomic E-state index is 14.2. The van der Waals surface area contributed by atoms with Crippen LogP contribution in [0.15, 0.2) is 36.7 Å². The lowest BCUT2D eigenvalue weighted by atomic mass is 10.2. The van der Waals surface area contributed by atoms with E-state index in [-0.39, 0.29) is 24.7 Å². The van der Waals surface area contributed by atoms with Gasteiger partial charge in [0, 0.05) is 23.0 Å². The lowest BCUT2D eigenvalue weighted by molar-refractivity contribution is 0.0460. The summed E-state index contributed by atoms with van der Waals surface area (Å²) in [4.78, 5) is 10.7. The normalized spacial score (nSPS) is 14.5. The molecular weight excluding hydrogens is 446 g/mol. The first-order valence-corrected chi connectivity index (χ1v) is 9.99. The van der Waals surface area contributed by atoms with E-state index in [4.69, 9.17) is 21.1 Å². The Labute approximate surface area is 190 Å². The Kier molecular flexibility index (Phi) is 7.72. The van der Waals surface area contributed by atoms with E-state index in [9.17, 15) is 9.50 Å². The molecule has 3 aromatic rings. The molecule has 1 saturated heterocycles. The van der Waals surface area contributed by atoms with Gasteiger partial charge in [0.05, 0.1) is 18.3 Å². The molecule has 0 aliphatic carbocycles. The van der Waals surface area contributed by atoms with E-state index in [0.29, 0.717) is 39.8 Å². The Hall–Kier alpha value is -2.39. The lowest BCUT2D eigenvalue weighted by Crippen LogP contribution is -2.43. The van der Waals surface area contributed by atoms with Crippen molar-refractivity contribution < 1.29 is 19.0 Å². The fraction of sp³-hybridized carbons (Fsp3) is 0.333. The van der Waals surface area contributed by atoms with E-state index < -0.39 is 11.9 Å². The monoisotopic (exact) mass is 468 g/mol. The highest BCUT2D eigenvalue weighted by atomic mass is 35.5. The largest absolute Gasteiger partial charge is 0.493 e. The quantitative estimate of drug-likeness (QED) is 0.516. The third-order valence-electron chi connectivity index (χ3n) is 4.95. The Morgan fingerprint density at radius 2 is 2.03 bits per heavy atom. The molecule has 0 radical (unpaired) electrons. The molecule has 1 atom stereocenters. The third-order valence-corrected chi connectivity index (χ3v) is 5.19. The summed E-state index contributed by atoms with van der Waals surface area (Å²) in [6.07, 6.45) is 1.96. The smallest absolute Gasteiger partial charge is 0.163 e. The topological polar surface area (TPSA) is 79.7 Å². The van der Waals surface area contributed by atoms with Crippen LogP contribution in [0.4, 0.5) is 15.9 Å². The fourth-order valence-corrected chi connectivity index (χ4v) is 3.41. The summed E-state index contributed by atoms with van der Waals surface area (Å²) in [7, 11) is 1.53. The van der Waals surface area contributed by atoms with Crippen molar-refractivity contribution in [1.82, 2.24) is 14.9 Å². The van der Waals surface area contributed by atoms with Crippen molar-refractivity contribution in [2.75, 3.05) is 38.7 Å². The van der Waals surface area contributed by atoms with Gasteiger partial charge in [0.1, 0.15) is 30.7 Å². The molecule has 0 spiro atoms. The molecule has 2 N–H and O–H groups in total. The lowest BCUT2D eigenvalue weighted by Gasteiger charge is -2.32. The van der Waals surface area contributed by atoms with Crippen LogP contribution < -0.4 is 14.8 Å². The zero-order chi connectivity index (χ0) is 21.1. The van der Waals surface area contributed by atoms with Gasteiger partial charge in [-0.3, -0.25) is 0 Å². The third kappa shape index (κ3) is 5.46. The van der Waals surface area contributed by atoms with Crippen molar-refractivity contribution in [3.05, 3.63) is 47.5 Å². The van der Waals surface area contributed by atoms with E-state index >= 15 is 0 Å². The first-order valence-electron chi connectivity index (χ1n) is 9.61. The van der Waals surface area contributed by atoms with Crippen molar-refractivity contribution in [2.24, 2.45) is 0 Å². The maximum atomic E-state index is 14.2. The minimum absolute atomic E-state index is 0. The summed E-state index contributed by atoms with van der Waals surface area (Å²) in [5, 5.41) is 14.1. The van der Waals surface area contributed by atoms with Gasteiger partial charge in [0.25, 0.3) is 0 Å². The Bertz CT molecular complexity index is 1050. The molecule has 2 aromatic carbocycles. The van der Waals surface area contributed by atoms with Crippen LogP contribution in [0.2, 0.25) is 5.02 Å². The van der Waals surface area contributed by atoms with E-state index in [1.807, 2.05) is 0 Å². The number of nitrogens with one attached hydrogen (secondary N) is 1. The number of aliphatic hydroxyl groups excluding tert-OH is 1. The number of likely N-dealkylation sites (tertiary alicyclic amines) is 1. The summed E-state index contributed by atoms with van der Waals surface area (Å²) in [5.41, 5.74) is 0.836. The highest BCUT2D eigenvalue weighted by Gasteiger charge is 2.19. The number of nitrogens with zero attached hydrogens (tertiary/aromatic N) is 3. The number of aliphatic hydroxyl groups is 1.